The highest BCUT2D eigenvalue weighted by atomic mass is 32.2. The van der Waals surface area contributed by atoms with Crippen LogP contribution in [0.5, 0.6) is 0 Å². The molecule has 0 saturated heterocycles. The predicted molar refractivity (Wildman–Crippen MR) is 146 cm³/mol. The van der Waals surface area contributed by atoms with E-state index in [1.807, 2.05) is 79.0 Å². The van der Waals surface area contributed by atoms with E-state index >= 15 is 0 Å². The zero-order chi connectivity index (χ0) is 23.8. The lowest BCUT2D eigenvalue weighted by atomic mass is 10.1. The molecule has 0 N–H and O–H groups in total. The summed E-state index contributed by atoms with van der Waals surface area (Å²) in [5.74, 6) is -0.164. The molecule has 6 rings (SSSR count). The fraction of sp³-hybridized carbons (Fsp3) is 0.0357. The number of benzene rings is 3. The number of hydrogen-bond acceptors (Lipinski definition) is 6. The van der Waals surface area contributed by atoms with Crippen LogP contribution in [0.1, 0.15) is 12.5 Å². The van der Waals surface area contributed by atoms with E-state index in [9.17, 15) is 4.79 Å². The molecule has 3 aromatic carbocycles. The van der Waals surface area contributed by atoms with Gasteiger partial charge in [0, 0.05) is 22.0 Å². The summed E-state index contributed by atoms with van der Waals surface area (Å²) in [6.07, 6.45) is 0. The highest BCUT2D eigenvalue weighted by Crippen LogP contribution is 2.46. The monoisotopic (exact) mass is 492 g/mol. The molecule has 0 bridgehead atoms. The average molecular weight is 493 g/mol. The Balaban J connectivity index is 1.40. The Labute approximate surface area is 211 Å². The predicted octanol–water partition coefficient (Wildman–Crippen LogP) is 7.00. The fourth-order valence-corrected chi connectivity index (χ4v) is 6.03. The maximum atomic E-state index is 13.7. The first-order valence-corrected chi connectivity index (χ1v) is 12.9. The van der Waals surface area contributed by atoms with Gasteiger partial charge in [0.05, 0.1) is 27.7 Å². The molecule has 0 atom stereocenters. The Bertz CT molecular complexity index is 1490. The van der Waals surface area contributed by atoms with E-state index in [0.717, 1.165) is 33.2 Å². The van der Waals surface area contributed by atoms with Crippen LogP contribution in [-0.2, 0) is 4.79 Å². The zero-order valence-corrected chi connectivity index (χ0v) is 20.5. The first-order valence-electron chi connectivity index (χ1n) is 11.1. The van der Waals surface area contributed by atoms with Crippen molar-refractivity contribution < 1.29 is 4.79 Å². The van der Waals surface area contributed by atoms with Gasteiger partial charge in [0.2, 0.25) is 5.13 Å². The van der Waals surface area contributed by atoms with Gasteiger partial charge in [-0.3, -0.25) is 4.79 Å². The number of hydrazone groups is 1. The standard InChI is InChI=1S/C28H20N4OS2/c1-19-25(26(33)32(30-19)28-29-23(17-35-28)20-11-5-2-6-12-20)27-31(22-15-9-4-10-16-22)24(18-34-27)21-13-7-3-8-14-21/h2-18H,1H3/b27-25-. The number of hydrogen-bond donors (Lipinski definition) is 0. The molecule has 2 aliphatic rings. The number of thioether (sulfide) groups is 1. The molecular weight excluding hydrogens is 472 g/mol. The van der Waals surface area contributed by atoms with Gasteiger partial charge in [-0.25, -0.2) is 4.98 Å². The molecule has 0 saturated carbocycles. The number of nitrogens with zero attached hydrogens (tertiary/aromatic N) is 4. The molecule has 0 fully saturated rings. The normalized spacial score (nSPS) is 17.7. The van der Waals surface area contributed by atoms with Crippen molar-refractivity contribution in [3.05, 3.63) is 118 Å². The third-order valence-electron chi connectivity index (χ3n) is 5.78. The molecule has 2 aliphatic heterocycles. The number of amides is 1. The van der Waals surface area contributed by atoms with E-state index in [1.165, 1.54) is 16.3 Å². The van der Waals surface area contributed by atoms with Crippen LogP contribution in [0.2, 0.25) is 0 Å². The zero-order valence-electron chi connectivity index (χ0n) is 18.8. The number of carbonyl (C=O) groups is 1. The molecule has 1 amide bonds. The second-order valence-electron chi connectivity index (χ2n) is 8.02. The summed E-state index contributed by atoms with van der Waals surface area (Å²) >= 11 is 2.97. The van der Waals surface area contributed by atoms with Gasteiger partial charge in [-0.05, 0) is 24.6 Å². The average Bonchev–Trinajstić information content (AvgIpc) is 3.63. The maximum absolute atomic E-state index is 13.7. The number of thiazole rings is 1. The van der Waals surface area contributed by atoms with Gasteiger partial charge in [-0.2, -0.15) is 10.1 Å². The second kappa shape index (κ2) is 9.02. The van der Waals surface area contributed by atoms with Gasteiger partial charge >= 0.3 is 0 Å². The molecule has 170 valence electrons. The summed E-state index contributed by atoms with van der Waals surface area (Å²) in [6, 6.07) is 30.3. The van der Waals surface area contributed by atoms with E-state index in [2.05, 4.69) is 39.7 Å². The van der Waals surface area contributed by atoms with Crippen LogP contribution in [0.3, 0.4) is 0 Å². The van der Waals surface area contributed by atoms with E-state index < -0.39 is 0 Å². The van der Waals surface area contributed by atoms with Gasteiger partial charge in [0.15, 0.2) is 0 Å². The third kappa shape index (κ3) is 3.88. The van der Waals surface area contributed by atoms with Crippen molar-refractivity contribution in [1.29, 1.82) is 0 Å². The van der Waals surface area contributed by atoms with E-state index in [-0.39, 0.29) is 5.91 Å². The smallest absolute Gasteiger partial charge is 0.285 e. The summed E-state index contributed by atoms with van der Waals surface area (Å²) in [6.45, 7) is 1.89. The van der Waals surface area contributed by atoms with Crippen LogP contribution >= 0.6 is 23.1 Å². The Morgan fingerprint density at radius 1 is 0.800 bits per heavy atom. The van der Waals surface area contributed by atoms with Crippen molar-refractivity contribution in [2.75, 3.05) is 9.91 Å². The number of anilines is 2. The van der Waals surface area contributed by atoms with Gasteiger partial charge < -0.3 is 4.90 Å². The van der Waals surface area contributed by atoms with Crippen molar-refractivity contribution in [2.45, 2.75) is 6.92 Å². The van der Waals surface area contributed by atoms with Gasteiger partial charge in [-0.1, -0.05) is 90.6 Å². The molecule has 7 heteroatoms. The highest BCUT2D eigenvalue weighted by Gasteiger charge is 2.38. The summed E-state index contributed by atoms with van der Waals surface area (Å²) in [5, 5.41) is 11.5. The Morgan fingerprint density at radius 2 is 1.43 bits per heavy atom. The van der Waals surface area contributed by atoms with Crippen LogP contribution in [0, 0.1) is 0 Å². The third-order valence-corrected chi connectivity index (χ3v) is 7.55. The molecule has 0 unspecified atom stereocenters. The van der Waals surface area contributed by atoms with Crippen LogP contribution in [0.15, 0.2) is 117 Å². The molecule has 5 nitrogen and oxygen atoms in total. The molecule has 0 aliphatic carbocycles. The minimum absolute atomic E-state index is 0.164. The Kier molecular flexibility index (Phi) is 5.56. The van der Waals surface area contributed by atoms with Crippen molar-refractivity contribution in [3.8, 4) is 11.3 Å². The highest BCUT2D eigenvalue weighted by molar-refractivity contribution is 8.06. The lowest BCUT2D eigenvalue weighted by Gasteiger charge is -2.25. The van der Waals surface area contributed by atoms with Crippen LogP contribution in [0.25, 0.3) is 17.0 Å². The fourth-order valence-electron chi connectivity index (χ4n) is 4.12. The van der Waals surface area contributed by atoms with E-state index in [1.54, 1.807) is 11.8 Å². The SMILES string of the molecule is CC1=NN(c2nc(-c3ccccc3)cs2)C(=O)/C1=C1\SC=C(c2ccccc2)N1c1ccccc1. The van der Waals surface area contributed by atoms with Crippen molar-refractivity contribution >= 4 is 51.2 Å². The topological polar surface area (TPSA) is 48.8 Å². The number of aromatic nitrogens is 1. The summed E-state index contributed by atoms with van der Waals surface area (Å²) in [5.41, 5.74) is 6.23. The Hall–Kier alpha value is -3.94. The minimum atomic E-state index is -0.164. The van der Waals surface area contributed by atoms with Crippen LogP contribution in [-0.4, -0.2) is 16.6 Å². The lowest BCUT2D eigenvalue weighted by Crippen LogP contribution is -2.25. The van der Waals surface area contributed by atoms with E-state index in [0.29, 0.717) is 16.4 Å². The van der Waals surface area contributed by atoms with Gasteiger partial charge in [-0.15, -0.1) is 11.3 Å². The molecule has 35 heavy (non-hydrogen) atoms. The molecule has 0 spiro atoms. The molecule has 3 heterocycles. The summed E-state index contributed by atoms with van der Waals surface area (Å²) in [7, 11) is 0. The van der Waals surface area contributed by atoms with Crippen LogP contribution < -0.4 is 9.91 Å². The van der Waals surface area contributed by atoms with Crippen LogP contribution in [0.4, 0.5) is 10.8 Å². The summed E-state index contributed by atoms with van der Waals surface area (Å²) in [4.78, 5) is 20.6. The number of para-hydroxylation sites is 1. The van der Waals surface area contributed by atoms with Crippen molar-refractivity contribution in [2.24, 2.45) is 5.10 Å². The number of carbonyl (C=O) groups excluding carboxylic acids is 1. The van der Waals surface area contributed by atoms with E-state index in [4.69, 9.17) is 4.98 Å². The molecular formula is C28H20N4OS2. The quantitative estimate of drug-likeness (QED) is 0.288. The maximum Gasteiger partial charge on any atom is 0.285 e. The first kappa shape index (κ1) is 21.6. The van der Waals surface area contributed by atoms with Gasteiger partial charge in [0.25, 0.3) is 5.91 Å². The molecule has 0 radical (unpaired) electrons. The summed E-state index contributed by atoms with van der Waals surface area (Å²) < 4.78 is 0. The molecule has 1 aromatic heterocycles. The minimum Gasteiger partial charge on any atom is -0.303 e. The number of rotatable bonds is 4. The lowest BCUT2D eigenvalue weighted by molar-refractivity contribution is -0.114. The largest absolute Gasteiger partial charge is 0.303 e. The molecule has 4 aromatic rings. The second-order valence-corrected chi connectivity index (χ2v) is 9.72. The first-order chi connectivity index (χ1) is 17.2. The van der Waals surface area contributed by atoms with Crippen molar-refractivity contribution in [3.63, 3.8) is 0 Å². The van der Waals surface area contributed by atoms with Gasteiger partial charge in [0.1, 0.15) is 0 Å². The van der Waals surface area contributed by atoms with Crippen molar-refractivity contribution in [1.82, 2.24) is 4.98 Å². The Morgan fingerprint density at radius 3 is 2.11 bits per heavy atom.